The number of carbonyl (C=O) groups is 2. The molecule has 1 atom stereocenters. The Labute approximate surface area is 144 Å². The Morgan fingerprint density at radius 2 is 2.21 bits per heavy atom. The molecule has 1 aromatic rings. The standard InChI is InChI=1S/C15H19ClN4O4/c1-17-10-4-3-7-19(9-10)13(21)8-18-15(22)14-11(16)5-2-6-12(14)20(23)24/h2,5-6,10,17H,3-4,7-9H2,1H3,(H,18,22). The first-order valence-electron chi connectivity index (χ1n) is 7.60. The summed E-state index contributed by atoms with van der Waals surface area (Å²) >= 11 is 5.90. The van der Waals surface area contributed by atoms with Crippen LogP contribution in [0.1, 0.15) is 23.2 Å². The molecule has 2 amide bonds. The van der Waals surface area contributed by atoms with Crippen molar-refractivity contribution in [1.82, 2.24) is 15.5 Å². The first-order valence-corrected chi connectivity index (χ1v) is 7.98. The zero-order valence-corrected chi connectivity index (χ0v) is 14.0. The first-order chi connectivity index (χ1) is 11.4. The van der Waals surface area contributed by atoms with Crippen molar-refractivity contribution >= 4 is 29.1 Å². The Balaban J connectivity index is 2.01. The minimum atomic E-state index is -0.733. The zero-order valence-electron chi connectivity index (χ0n) is 13.3. The first kappa shape index (κ1) is 18.2. The van der Waals surface area contributed by atoms with E-state index in [1.807, 2.05) is 7.05 Å². The number of hydrogen-bond acceptors (Lipinski definition) is 5. The molecule has 1 fully saturated rings. The molecule has 130 valence electrons. The second kappa shape index (κ2) is 8.07. The van der Waals surface area contributed by atoms with E-state index in [1.165, 1.54) is 18.2 Å². The van der Waals surface area contributed by atoms with Gasteiger partial charge in [0.25, 0.3) is 11.6 Å². The molecule has 1 aliphatic heterocycles. The summed E-state index contributed by atoms with van der Waals surface area (Å²) in [5, 5.41) is 16.6. The van der Waals surface area contributed by atoms with Crippen LogP contribution in [-0.2, 0) is 4.79 Å². The highest BCUT2D eigenvalue weighted by Gasteiger charge is 2.26. The van der Waals surface area contributed by atoms with Gasteiger partial charge in [-0.05, 0) is 26.0 Å². The Hall–Kier alpha value is -2.19. The van der Waals surface area contributed by atoms with Crippen molar-refractivity contribution in [1.29, 1.82) is 0 Å². The van der Waals surface area contributed by atoms with Gasteiger partial charge in [0.15, 0.2) is 0 Å². The fraction of sp³-hybridized carbons (Fsp3) is 0.467. The molecule has 0 saturated carbocycles. The summed E-state index contributed by atoms with van der Waals surface area (Å²) in [6, 6.07) is 4.23. The van der Waals surface area contributed by atoms with Crippen LogP contribution in [0.3, 0.4) is 0 Å². The molecule has 2 N–H and O–H groups in total. The normalized spacial score (nSPS) is 17.4. The molecule has 9 heteroatoms. The van der Waals surface area contributed by atoms with Crippen molar-refractivity contribution in [3.63, 3.8) is 0 Å². The molecular weight excluding hydrogens is 336 g/mol. The van der Waals surface area contributed by atoms with Gasteiger partial charge in [0.1, 0.15) is 5.56 Å². The number of hydrogen-bond donors (Lipinski definition) is 2. The van der Waals surface area contributed by atoms with Crippen molar-refractivity contribution in [2.24, 2.45) is 0 Å². The largest absolute Gasteiger partial charge is 0.343 e. The average molecular weight is 355 g/mol. The van der Waals surface area contributed by atoms with E-state index in [2.05, 4.69) is 10.6 Å². The predicted molar refractivity (Wildman–Crippen MR) is 89.1 cm³/mol. The molecule has 8 nitrogen and oxygen atoms in total. The van der Waals surface area contributed by atoms with Crippen molar-refractivity contribution in [2.75, 3.05) is 26.7 Å². The van der Waals surface area contributed by atoms with Gasteiger partial charge in [-0.3, -0.25) is 19.7 Å². The number of amides is 2. The monoisotopic (exact) mass is 354 g/mol. The van der Waals surface area contributed by atoms with E-state index in [0.717, 1.165) is 12.8 Å². The topological polar surface area (TPSA) is 105 Å². The highest BCUT2D eigenvalue weighted by molar-refractivity contribution is 6.34. The summed E-state index contributed by atoms with van der Waals surface area (Å²) < 4.78 is 0. The Kier molecular flexibility index (Phi) is 6.10. The molecule has 1 aliphatic rings. The molecule has 0 spiro atoms. The fourth-order valence-corrected chi connectivity index (χ4v) is 2.94. The van der Waals surface area contributed by atoms with Gasteiger partial charge in [0, 0.05) is 25.2 Å². The van der Waals surface area contributed by atoms with Gasteiger partial charge in [-0.25, -0.2) is 0 Å². The number of carbonyl (C=O) groups excluding carboxylic acids is 2. The average Bonchev–Trinajstić information content (AvgIpc) is 2.59. The molecule has 0 aliphatic carbocycles. The van der Waals surface area contributed by atoms with Crippen LogP contribution in [0.5, 0.6) is 0 Å². The molecule has 1 aromatic carbocycles. The molecule has 1 heterocycles. The van der Waals surface area contributed by atoms with Gasteiger partial charge in [0.05, 0.1) is 16.5 Å². The lowest BCUT2D eigenvalue weighted by molar-refractivity contribution is -0.385. The van der Waals surface area contributed by atoms with Crippen LogP contribution < -0.4 is 10.6 Å². The quantitative estimate of drug-likeness (QED) is 0.610. The molecule has 0 aromatic heterocycles. The van der Waals surface area contributed by atoms with Gasteiger partial charge in [-0.2, -0.15) is 0 Å². The van der Waals surface area contributed by atoms with E-state index < -0.39 is 10.8 Å². The van der Waals surface area contributed by atoms with E-state index in [1.54, 1.807) is 4.90 Å². The van der Waals surface area contributed by atoms with Gasteiger partial charge < -0.3 is 15.5 Å². The molecule has 0 bridgehead atoms. The van der Waals surface area contributed by atoms with Crippen LogP contribution in [0, 0.1) is 10.1 Å². The number of likely N-dealkylation sites (N-methyl/N-ethyl adjacent to an activating group) is 1. The van der Waals surface area contributed by atoms with E-state index in [9.17, 15) is 19.7 Å². The van der Waals surface area contributed by atoms with Crippen molar-refractivity contribution in [3.8, 4) is 0 Å². The smallest absolute Gasteiger partial charge is 0.283 e. The van der Waals surface area contributed by atoms with Crippen LogP contribution in [0.15, 0.2) is 18.2 Å². The molecule has 1 unspecified atom stereocenters. The number of nitro benzene ring substituents is 1. The maximum absolute atomic E-state index is 12.2. The summed E-state index contributed by atoms with van der Waals surface area (Å²) in [5.74, 6) is -0.958. The number of piperidine rings is 1. The highest BCUT2D eigenvalue weighted by atomic mass is 35.5. The number of nitrogens with one attached hydrogen (secondary N) is 2. The fourth-order valence-electron chi connectivity index (χ4n) is 2.69. The van der Waals surface area contributed by atoms with Crippen LogP contribution in [-0.4, -0.2) is 54.4 Å². The van der Waals surface area contributed by atoms with Gasteiger partial charge in [-0.1, -0.05) is 17.7 Å². The van der Waals surface area contributed by atoms with E-state index in [4.69, 9.17) is 11.6 Å². The minimum absolute atomic E-state index is 0.0256. The summed E-state index contributed by atoms with van der Waals surface area (Å²) in [5.41, 5.74) is -0.621. The summed E-state index contributed by atoms with van der Waals surface area (Å²) in [6.45, 7) is 0.994. The van der Waals surface area contributed by atoms with Gasteiger partial charge >= 0.3 is 0 Å². The number of benzene rings is 1. The van der Waals surface area contributed by atoms with E-state index in [-0.39, 0.29) is 34.8 Å². The number of nitrogens with zero attached hydrogens (tertiary/aromatic N) is 2. The van der Waals surface area contributed by atoms with E-state index >= 15 is 0 Å². The Bertz CT molecular complexity index is 652. The zero-order chi connectivity index (χ0) is 17.7. The minimum Gasteiger partial charge on any atom is -0.343 e. The predicted octanol–water partition coefficient (Wildman–Crippen LogP) is 1.19. The molecule has 24 heavy (non-hydrogen) atoms. The maximum atomic E-state index is 12.2. The van der Waals surface area contributed by atoms with Crippen molar-refractivity contribution in [3.05, 3.63) is 38.9 Å². The lowest BCUT2D eigenvalue weighted by Gasteiger charge is -2.32. The summed E-state index contributed by atoms with van der Waals surface area (Å²) in [7, 11) is 1.84. The summed E-state index contributed by atoms with van der Waals surface area (Å²) in [6.07, 6.45) is 1.89. The van der Waals surface area contributed by atoms with Crippen LogP contribution >= 0.6 is 11.6 Å². The molecule has 0 radical (unpaired) electrons. The van der Waals surface area contributed by atoms with Gasteiger partial charge in [-0.15, -0.1) is 0 Å². The van der Waals surface area contributed by atoms with Crippen LogP contribution in [0.25, 0.3) is 0 Å². The van der Waals surface area contributed by atoms with Crippen LogP contribution in [0.4, 0.5) is 5.69 Å². The Morgan fingerprint density at radius 3 is 2.88 bits per heavy atom. The summed E-state index contributed by atoms with van der Waals surface area (Å²) in [4.78, 5) is 36.4. The van der Waals surface area contributed by atoms with Gasteiger partial charge in [0.2, 0.25) is 5.91 Å². The SMILES string of the molecule is CNC1CCCN(C(=O)CNC(=O)c2c(Cl)cccc2[N+](=O)[O-])C1. The molecule has 1 saturated heterocycles. The third-order valence-corrected chi connectivity index (χ3v) is 4.31. The molecule has 2 rings (SSSR count). The number of halogens is 1. The van der Waals surface area contributed by atoms with Crippen molar-refractivity contribution < 1.29 is 14.5 Å². The number of likely N-dealkylation sites (tertiary alicyclic amines) is 1. The second-order valence-corrected chi connectivity index (χ2v) is 5.95. The maximum Gasteiger partial charge on any atom is 0.283 e. The Morgan fingerprint density at radius 1 is 1.46 bits per heavy atom. The van der Waals surface area contributed by atoms with Crippen LogP contribution in [0.2, 0.25) is 5.02 Å². The highest BCUT2D eigenvalue weighted by Crippen LogP contribution is 2.25. The third kappa shape index (κ3) is 4.21. The van der Waals surface area contributed by atoms with Crippen molar-refractivity contribution in [2.45, 2.75) is 18.9 Å². The second-order valence-electron chi connectivity index (χ2n) is 5.54. The number of rotatable bonds is 5. The third-order valence-electron chi connectivity index (χ3n) is 4.00. The lowest BCUT2D eigenvalue weighted by atomic mass is 10.1. The van der Waals surface area contributed by atoms with E-state index in [0.29, 0.717) is 13.1 Å². The lowest BCUT2D eigenvalue weighted by Crippen LogP contribution is -2.49. The number of nitro groups is 1. The molecular formula is C15H19ClN4O4.